The maximum atomic E-state index is 12.5. The molecule has 0 aromatic carbocycles. The number of halogens is 1. The molecule has 2 aromatic rings. The zero-order valence-corrected chi connectivity index (χ0v) is 8.15. The lowest BCUT2D eigenvalue weighted by atomic mass is 10.6. The van der Waals surface area contributed by atoms with Crippen molar-refractivity contribution in [2.45, 2.75) is 0 Å². The lowest BCUT2D eigenvalue weighted by Gasteiger charge is -1.95. The van der Waals surface area contributed by atoms with E-state index in [4.69, 9.17) is 5.73 Å². The van der Waals surface area contributed by atoms with Gasteiger partial charge in [0.1, 0.15) is 11.3 Å². The van der Waals surface area contributed by atoms with Crippen LogP contribution in [0.4, 0.5) is 4.39 Å². The second kappa shape index (κ2) is 3.65. The molecule has 76 valence electrons. The van der Waals surface area contributed by atoms with E-state index in [1.165, 1.54) is 11.0 Å². The van der Waals surface area contributed by atoms with Gasteiger partial charge in [-0.3, -0.25) is 0 Å². The van der Waals surface area contributed by atoms with Crippen molar-refractivity contribution < 1.29 is 4.39 Å². The van der Waals surface area contributed by atoms with Gasteiger partial charge in [-0.1, -0.05) is 12.2 Å². The lowest BCUT2D eigenvalue weighted by Crippen LogP contribution is -2.12. The van der Waals surface area contributed by atoms with Crippen LogP contribution in [0, 0.1) is 5.82 Å². The summed E-state index contributed by atoms with van der Waals surface area (Å²) in [6.07, 6.45) is 3.41. The molecule has 0 radical (unpaired) electrons. The Morgan fingerprint density at radius 3 is 2.53 bits per heavy atom. The highest BCUT2D eigenvalue weighted by molar-refractivity contribution is 7.80. The highest BCUT2D eigenvalue weighted by Gasteiger charge is 2.06. The average molecular weight is 224 g/mol. The van der Waals surface area contributed by atoms with E-state index < -0.39 is 5.82 Å². The molecule has 15 heavy (non-hydrogen) atoms. The molecule has 0 fully saturated rings. The zero-order valence-electron chi connectivity index (χ0n) is 7.33. The van der Waals surface area contributed by atoms with Crippen molar-refractivity contribution in [3.05, 3.63) is 30.4 Å². The fraction of sp³-hybridized carbons (Fsp3) is 0. The Morgan fingerprint density at radius 1 is 1.33 bits per heavy atom. The van der Waals surface area contributed by atoms with Crippen molar-refractivity contribution in [1.29, 1.82) is 0 Å². The quantitative estimate of drug-likeness (QED) is 0.713. The van der Waals surface area contributed by atoms with Crippen molar-refractivity contribution in [2.75, 3.05) is 0 Å². The minimum atomic E-state index is -0.520. The van der Waals surface area contributed by atoms with Crippen LogP contribution >= 0.6 is 12.2 Å². The van der Waals surface area contributed by atoms with E-state index in [0.717, 1.165) is 12.4 Å². The smallest absolute Gasteiger partial charge is 0.252 e. The summed E-state index contributed by atoms with van der Waals surface area (Å²) in [6, 6.07) is 0. The first kappa shape index (κ1) is 9.59. The van der Waals surface area contributed by atoms with Gasteiger partial charge >= 0.3 is 0 Å². The number of aromatic nitrogens is 5. The Kier molecular flexibility index (Phi) is 2.34. The Hall–Kier alpha value is -1.96. The molecule has 0 aliphatic rings. The van der Waals surface area contributed by atoms with Crippen molar-refractivity contribution >= 4 is 17.2 Å². The van der Waals surface area contributed by atoms with E-state index in [1.54, 1.807) is 0 Å². The fourth-order valence-corrected chi connectivity index (χ4v) is 0.990. The summed E-state index contributed by atoms with van der Waals surface area (Å²) < 4.78 is 13.8. The standard InChI is InChI=1S/C7H5FN6S/c8-4-1-10-7(11-2-4)14-3-12-6(13-14)5(9)15/h1-3H,(H2,9,15). The van der Waals surface area contributed by atoms with Gasteiger partial charge in [0.2, 0.25) is 5.82 Å². The van der Waals surface area contributed by atoms with Gasteiger partial charge in [-0.25, -0.2) is 19.3 Å². The fourth-order valence-electron chi connectivity index (χ4n) is 0.896. The van der Waals surface area contributed by atoms with Gasteiger partial charge in [-0.15, -0.1) is 5.10 Å². The molecule has 0 saturated carbocycles. The summed E-state index contributed by atoms with van der Waals surface area (Å²) in [7, 11) is 0. The Morgan fingerprint density at radius 2 is 2.00 bits per heavy atom. The third-order valence-corrected chi connectivity index (χ3v) is 1.71. The SMILES string of the molecule is NC(=S)c1ncn(-c2ncc(F)cn2)n1. The van der Waals surface area contributed by atoms with Crippen LogP contribution in [0.25, 0.3) is 5.95 Å². The second-order valence-electron chi connectivity index (χ2n) is 2.58. The average Bonchev–Trinajstić information content (AvgIpc) is 2.68. The summed E-state index contributed by atoms with van der Waals surface area (Å²) in [5.74, 6) is -0.0993. The maximum Gasteiger partial charge on any atom is 0.252 e. The summed E-state index contributed by atoms with van der Waals surface area (Å²) >= 11 is 4.68. The third-order valence-electron chi connectivity index (χ3n) is 1.52. The molecule has 0 aliphatic heterocycles. The first-order valence-corrected chi connectivity index (χ1v) is 4.27. The van der Waals surface area contributed by atoms with Crippen LogP contribution in [0.1, 0.15) is 5.82 Å². The molecule has 2 heterocycles. The molecule has 0 aliphatic carbocycles. The van der Waals surface area contributed by atoms with Gasteiger partial charge in [0.25, 0.3) is 5.95 Å². The van der Waals surface area contributed by atoms with Gasteiger partial charge in [-0.2, -0.15) is 4.68 Å². The van der Waals surface area contributed by atoms with E-state index in [9.17, 15) is 4.39 Å². The van der Waals surface area contributed by atoms with Crippen LogP contribution in [-0.2, 0) is 0 Å². The Balaban J connectivity index is 2.37. The third kappa shape index (κ3) is 1.94. The first-order valence-electron chi connectivity index (χ1n) is 3.86. The summed E-state index contributed by atoms with van der Waals surface area (Å²) in [6.45, 7) is 0. The summed E-state index contributed by atoms with van der Waals surface area (Å²) in [5, 5.41) is 3.90. The van der Waals surface area contributed by atoms with Crippen LogP contribution in [-0.4, -0.2) is 29.7 Å². The lowest BCUT2D eigenvalue weighted by molar-refractivity contribution is 0.608. The maximum absolute atomic E-state index is 12.5. The van der Waals surface area contributed by atoms with Crippen molar-refractivity contribution in [3.8, 4) is 5.95 Å². The molecular formula is C7H5FN6S. The number of nitrogens with zero attached hydrogens (tertiary/aromatic N) is 5. The van der Waals surface area contributed by atoms with E-state index in [0.29, 0.717) is 0 Å². The van der Waals surface area contributed by atoms with Crippen LogP contribution in [0.2, 0.25) is 0 Å². The van der Waals surface area contributed by atoms with E-state index >= 15 is 0 Å². The summed E-state index contributed by atoms with van der Waals surface area (Å²) in [4.78, 5) is 11.3. The van der Waals surface area contributed by atoms with Gasteiger partial charge in [0, 0.05) is 0 Å². The monoisotopic (exact) mass is 224 g/mol. The van der Waals surface area contributed by atoms with Gasteiger partial charge in [0.15, 0.2) is 5.82 Å². The number of thiocarbonyl (C=S) groups is 1. The second-order valence-corrected chi connectivity index (χ2v) is 3.02. The molecule has 8 heteroatoms. The highest BCUT2D eigenvalue weighted by Crippen LogP contribution is 1.99. The molecule has 0 atom stereocenters. The van der Waals surface area contributed by atoms with Crippen LogP contribution in [0.15, 0.2) is 18.7 Å². The predicted octanol–water partition coefficient (Wildman–Crippen LogP) is -0.169. The number of nitrogens with two attached hydrogens (primary N) is 1. The van der Waals surface area contributed by atoms with E-state index in [-0.39, 0.29) is 16.8 Å². The molecule has 6 nitrogen and oxygen atoms in total. The first-order chi connectivity index (χ1) is 7.16. The minimum absolute atomic E-state index is 0.0795. The van der Waals surface area contributed by atoms with Gasteiger partial charge in [-0.05, 0) is 0 Å². The Bertz CT molecular complexity index is 492. The van der Waals surface area contributed by atoms with Gasteiger partial charge < -0.3 is 5.73 Å². The minimum Gasteiger partial charge on any atom is -0.387 e. The molecule has 0 amide bonds. The van der Waals surface area contributed by atoms with Crippen LogP contribution in [0.5, 0.6) is 0 Å². The number of hydrogen-bond acceptors (Lipinski definition) is 5. The van der Waals surface area contributed by atoms with Crippen LogP contribution < -0.4 is 5.73 Å². The normalized spacial score (nSPS) is 10.2. The van der Waals surface area contributed by atoms with Crippen molar-refractivity contribution in [3.63, 3.8) is 0 Å². The molecule has 0 bridgehead atoms. The Labute approximate surface area is 89.0 Å². The molecule has 0 spiro atoms. The molecule has 0 unspecified atom stereocenters. The molecule has 2 N–H and O–H groups in total. The van der Waals surface area contributed by atoms with Crippen LogP contribution in [0.3, 0.4) is 0 Å². The van der Waals surface area contributed by atoms with Crippen molar-refractivity contribution in [1.82, 2.24) is 24.7 Å². The summed E-state index contributed by atoms with van der Waals surface area (Å²) in [5.41, 5.74) is 5.32. The molecule has 2 rings (SSSR count). The molecular weight excluding hydrogens is 219 g/mol. The zero-order chi connectivity index (χ0) is 10.8. The van der Waals surface area contributed by atoms with E-state index in [2.05, 4.69) is 32.3 Å². The van der Waals surface area contributed by atoms with Gasteiger partial charge in [0.05, 0.1) is 12.4 Å². The predicted molar refractivity (Wildman–Crippen MR) is 52.8 cm³/mol. The van der Waals surface area contributed by atoms with E-state index in [1.807, 2.05) is 0 Å². The molecule has 2 aromatic heterocycles. The highest BCUT2D eigenvalue weighted by atomic mass is 32.1. The largest absolute Gasteiger partial charge is 0.387 e. The topological polar surface area (TPSA) is 82.5 Å². The molecule has 0 saturated heterocycles. The number of hydrogen-bond donors (Lipinski definition) is 1. The van der Waals surface area contributed by atoms with Crippen molar-refractivity contribution in [2.24, 2.45) is 5.73 Å². The number of rotatable bonds is 2.